The maximum Gasteiger partial charge on any atom is 0.191 e. The van der Waals surface area contributed by atoms with Crippen molar-refractivity contribution in [2.45, 2.75) is 39.3 Å². The Labute approximate surface area is 117 Å². The second-order valence-electron chi connectivity index (χ2n) is 5.66. The van der Waals surface area contributed by atoms with Gasteiger partial charge in [0.05, 0.1) is 6.54 Å². The van der Waals surface area contributed by atoms with Gasteiger partial charge in [-0.05, 0) is 20.3 Å². The maximum absolute atomic E-state index is 4.77. The van der Waals surface area contributed by atoms with Crippen molar-refractivity contribution in [3.8, 4) is 0 Å². The fraction of sp³-hybridized carbons (Fsp3) is 0.929. The highest BCUT2D eigenvalue weighted by Gasteiger charge is 2.31. The van der Waals surface area contributed by atoms with Crippen LogP contribution >= 0.6 is 0 Å². The smallest absolute Gasteiger partial charge is 0.191 e. The van der Waals surface area contributed by atoms with E-state index >= 15 is 0 Å². The van der Waals surface area contributed by atoms with E-state index in [1.165, 1.54) is 32.7 Å². The molecule has 0 aromatic heterocycles. The van der Waals surface area contributed by atoms with Crippen LogP contribution in [0, 0.1) is 0 Å². The molecular weight excluding hydrogens is 238 g/mol. The van der Waals surface area contributed by atoms with Gasteiger partial charge in [0.15, 0.2) is 5.96 Å². The largest absolute Gasteiger partial charge is 0.357 e. The normalized spacial score (nSPS) is 32.2. The Bertz CT molecular complexity index is 296. The van der Waals surface area contributed by atoms with E-state index in [4.69, 9.17) is 4.99 Å². The Hall–Kier alpha value is -0.810. The van der Waals surface area contributed by atoms with Crippen molar-refractivity contribution in [3.63, 3.8) is 0 Å². The lowest BCUT2D eigenvalue weighted by Crippen LogP contribution is -2.62. The van der Waals surface area contributed by atoms with E-state index in [9.17, 15) is 0 Å². The van der Waals surface area contributed by atoms with Crippen LogP contribution in [0.3, 0.4) is 0 Å². The van der Waals surface area contributed by atoms with Crippen molar-refractivity contribution in [2.75, 3.05) is 45.8 Å². The number of rotatable bonds is 5. The predicted octanol–water partition coefficient (Wildman–Crippen LogP) is 0.340. The van der Waals surface area contributed by atoms with Gasteiger partial charge in [-0.15, -0.1) is 0 Å². The summed E-state index contributed by atoms with van der Waals surface area (Å²) in [5.41, 5.74) is 0. The zero-order valence-electron chi connectivity index (χ0n) is 12.7. The standard InChI is InChI=1S/C14H29N5/c1-4-12(3)17-14(15-5-2)16-10-13-11-18-6-8-19(13)9-7-18/h12-13H,4-11H2,1-3H3,(H2,15,16,17). The average molecular weight is 267 g/mol. The fourth-order valence-corrected chi connectivity index (χ4v) is 2.75. The molecule has 0 spiro atoms. The fourth-order valence-electron chi connectivity index (χ4n) is 2.75. The van der Waals surface area contributed by atoms with Crippen molar-refractivity contribution in [2.24, 2.45) is 4.99 Å². The highest BCUT2D eigenvalue weighted by atomic mass is 15.3. The second kappa shape index (κ2) is 7.10. The van der Waals surface area contributed by atoms with Crippen LogP contribution < -0.4 is 10.6 Å². The molecule has 110 valence electrons. The van der Waals surface area contributed by atoms with E-state index in [1.807, 2.05) is 0 Å². The van der Waals surface area contributed by atoms with Crippen LogP contribution in [-0.2, 0) is 0 Å². The van der Waals surface area contributed by atoms with E-state index in [0.717, 1.165) is 25.5 Å². The summed E-state index contributed by atoms with van der Waals surface area (Å²) in [4.78, 5) is 9.93. The maximum atomic E-state index is 4.77. The van der Waals surface area contributed by atoms with Crippen molar-refractivity contribution < 1.29 is 0 Å². The molecule has 3 saturated heterocycles. The molecule has 0 saturated carbocycles. The van der Waals surface area contributed by atoms with E-state index in [-0.39, 0.29) is 0 Å². The third kappa shape index (κ3) is 4.08. The van der Waals surface area contributed by atoms with Crippen molar-refractivity contribution >= 4 is 5.96 Å². The Morgan fingerprint density at radius 3 is 2.53 bits per heavy atom. The number of nitrogens with one attached hydrogen (secondary N) is 2. The van der Waals surface area contributed by atoms with Gasteiger partial charge in [-0.3, -0.25) is 14.8 Å². The molecule has 0 aliphatic carbocycles. The van der Waals surface area contributed by atoms with Crippen LogP contribution in [0.5, 0.6) is 0 Å². The molecule has 3 aliphatic heterocycles. The van der Waals surface area contributed by atoms with Crippen molar-refractivity contribution in [1.29, 1.82) is 0 Å². The molecule has 3 fully saturated rings. The topological polar surface area (TPSA) is 42.9 Å². The summed E-state index contributed by atoms with van der Waals surface area (Å²) in [7, 11) is 0. The lowest BCUT2D eigenvalue weighted by atomic mass is 10.1. The number of fused-ring (bicyclic) bond motifs is 3. The summed E-state index contributed by atoms with van der Waals surface area (Å²) in [6.45, 7) is 14.4. The highest BCUT2D eigenvalue weighted by molar-refractivity contribution is 5.80. The molecule has 5 heteroatoms. The molecule has 0 amide bonds. The van der Waals surface area contributed by atoms with Gasteiger partial charge in [-0.1, -0.05) is 6.92 Å². The van der Waals surface area contributed by atoms with Gasteiger partial charge >= 0.3 is 0 Å². The van der Waals surface area contributed by atoms with Gasteiger partial charge in [0, 0.05) is 51.4 Å². The minimum Gasteiger partial charge on any atom is -0.357 e. The Morgan fingerprint density at radius 1 is 1.26 bits per heavy atom. The number of nitrogens with zero attached hydrogens (tertiary/aromatic N) is 3. The molecule has 2 bridgehead atoms. The Morgan fingerprint density at radius 2 is 2.00 bits per heavy atom. The summed E-state index contributed by atoms with van der Waals surface area (Å²) >= 11 is 0. The van der Waals surface area contributed by atoms with E-state index in [2.05, 4.69) is 41.2 Å². The molecule has 2 atom stereocenters. The number of piperazine rings is 3. The van der Waals surface area contributed by atoms with Gasteiger partial charge < -0.3 is 10.6 Å². The van der Waals surface area contributed by atoms with Crippen LogP contribution in [0.1, 0.15) is 27.2 Å². The third-order valence-corrected chi connectivity index (χ3v) is 4.19. The van der Waals surface area contributed by atoms with Gasteiger partial charge in [0.2, 0.25) is 0 Å². The van der Waals surface area contributed by atoms with Crippen LogP contribution in [-0.4, -0.2) is 73.7 Å². The molecule has 0 aromatic carbocycles. The summed E-state index contributed by atoms with van der Waals surface area (Å²) in [5, 5.41) is 6.80. The predicted molar refractivity (Wildman–Crippen MR) is 80.7 cm³/mol. The van der Waals surface area contributed by atoms with Gasteiger partial charge in [-0.2, -0.15) is 0 Å². The monoisotopic (exact) mass is 267 g/mol. The molecule has 5 nitrogen and oxygen atoms in total. The third-order valence-electron chi connectivity index (χ3n) is 4.19. The van der Waals surface area contributed by atoms with Gasteiger partial charge in [-0.25, -0.2) is 0 Å². The summed E-state index contributed by atoms with van der Waals surface area (Å²) in [6, 6.07) is 1.08. The van der Waals surface area contributed by atoms with Gasteiger partial charge in [0.1, 0.15) is 0 Å². The SMILES string of the molecule is CCNC(=NCC1CN2CCN1CC2)NC(C)CC. The van der Waals surface area contributed by atoms with Crippen LogP contribution in [0.4, 0.5) is 0 Å². The molecule has 3 rings (SSSR count). The van der Waals surface area contributed by atoms with Crippen LogP contribution in [0.2, 0.25) is 0 Å². The van der Waals surface area contributed by atoms with Crippen molar-refractivity contribution in [3.05, 3.63) is 0 Å². The first-order valence-electron chi connectivity index (χ1n) is 7.74. The highest BCUT2D eigenvalue weighted by Crippen LogP contribution is 2.15. The molecule has 2 N–H and O–H groups in total. The van der Waals surface area contributed by atoms with Crippen LogP contribution in [0.25, 0.3) is 0 Å². The zero-order valence-corrected chi connectivity index (χ0v) is 12.7. The summed E-state index contributed by atoms with van der Waals surface area (Å²) in [6.07, 6.45) is 1.12. The molecule has 0 radical (unpaired) electrons. The Balaban J connectivity index is 1.86. The summed E-state index contributed by atoms with van der Waals surface area (Å²) < 4.78 is 0. The first-order chi connectivity index (χ1) is 9.22. The average Bonchev–Trinajstić information content (AvgIpc) is 2.46. The Kier molecular flexibility index (Phi) is 5.45. The van der Waals surface area contributed by atoms with Crippen molar-refractivity contribution in [1.82, 2.24) is 20.4 Å². The van der Waals surface area contributed by atoms with E-state index in [0.29, 0.717) is 12.1 Å². The quantitative estimate of drug-likeness (QED) is 0.557. The molecule has 2 unspecified atom stereocenters. The number of hydrogen-bond donors (Lipinski definition) is 2. The first-order valence-corrected chi connectivity index (χ1v) is 7.74. The summed E-state index contributed by atoms with van der Waals surface area (Å²) in [5.74, 6) is 0.967. The number of aliphatic imine (C=N–C) groups is 1. The van der Waals surface area contributed by atoms with Crippen LogP contribution in [0.15, 0.2) is 4.99 Å². The lowest BCUT2D eigenvalue weighted by Gasteiger charge is -2.47. The molecule has 19 heavy (non-hydrogen) atoms. The first kappa shape index (κ1) is 14.6. The molecule has 3 aliphatic rings. The second-order valence-corrected chi connectivity index (χ2v) is 5.66. The molecule has 3 heterocycles. The lowest BCUT2D eigenvalue weighted by molar-refractivity contribution is 0.0174. The zero-order chi connectivity index (χ0) is 13.7. The molecular formula is C14H29N5. The van der Waals surface area contributed by atoms with E-state index < -0.39 is 0 Å². The minimum atomic E-state index is 0.477. The molecule has 0 aromatic rings. The minimum absolute atomic E-state index is 0.477. The number of guanidine groups is 1. The van der Waals surface area contributed by atoms with Gasteiger partial charge in [0.25, 0.3) is 0 Å². The number of hydrogen-bond acceptors (Lipinski definition) is 3. The van der Waals surface area contributed by atoms with E-state index in [1.54, 1.807) is 0 Å².